The van der Waals surface area contributed by atoms with Gasteiger partial charge >= 0.3 is 0 Å². The average molecular weight is 322 g/mol. The highest BCUT2D eigenvalue weighted by Gasteiger charge is 2.10. The third-order valence-electron chi connectivity index (χ3n) is 2.74. The Balaban J connectivity index is 2.35. The molecule has 0 radical (unpaired) electrons. The van der Waals surface area contributed by atoms with Crippen LogP contribution in [0.5, 0.6) is 11.6 Å². The first kappa shape index (κ1) is 13.7. The third-order valence-corrected chi connectivity index (χ3v) is 3.23. The second-order valence-corrected chi connectivity index (χ2v) is 5.48. The molecule has 4 nitrogen and oxygen atoms in total. The molecule has 19 heavy (non-hydrogen) atoms. The summed E-state index contributed by atoms with van der Waals surface area (Å²) < 4.78 is 6.82. The monoisotopic (exact) mass is 321 g/mol. The van der Waals surface area contributed by atoms with E-state index in [1.165, 1.54) is 0 Å². The quantitative estimate of drug-likeness (QED) is 0.898. The van der Waals surface area contributed by atoms with Gasteiger partial charge < -0.3 is 16.2 Å². The summed E-state index contributed by atoms with van der Waals surface area (Å²) in [6, 6.07) is 9.28. The number of aromatic nitrogens is 1. The largest absolute Gasteiger partial charge is 0.439 e. The minimum Gasteiger partial charge on any atom is -0.439 e. The molecule has 2 rings (SSSR count). The van der Waals surface area contributed by atoms with Crippen LogP contribution in [0.2, 0.25) is 0 Å². The van der Waals surface area contributed by atoms with Gasteiger partial charge in [0.2, 0.25) is 5.88 Å². The molecular formula is C14H16BrN3O. The van der Waals surface area contributed by atoms with Crippen LogP contribution in [0, 0.1) is 0 Å². The SMILES string of the molecule is CC(C)c1cc(Br)ccc1Oc1ccc(N)c(N)n1. The van der Waals surface area contributed by atoms with E-state index in [0.29, 0.717) is 17.5 Å². The van der Waals surface area contributed by atoms with Gasteiger partial charge in [-0.15, -0.1) is 0 Å². The molecule has 1 heterocycles. The maximum absolute atomic E-state index is 5.79. The van der Waals surface area contributed by atoms with E-state index in [2.05, 4.69) is 34.8 Å². The lowest BCUT2D eigenvalue weighted by atomic mass is 10.0. The van der Waals surface area contributed by atoms with Crippen molar-refractivity contribution in [2.45, 2.75) is 19.8 Å². The van der Waals surface area contributed by atoms with Crippen molar-refractivity contribution < 1.29 is 4.74 Å². The van der Waals surface area contributed by atoms with Crippen molar-refractivity contribution in [3.63, 3.8) is 0 Å². The molecule has 0 saturated carbocycles. The molecule has 0 aliphatic carbocycles. The predicted molar refractivity (Wildman–Crippen MR) is 81.4 cm³/mol. The van der Waals surface area contributed by atoms with E-state index in [1.54, 1.807) is 12.1 Å². The Morgan fingerprint density at radius 1 is 1.16 bits per heavy atom. The van der Waals surface area contributed by atoms with Gasteiger partial charge in [0, 0.05) is 10.5 Å². The summed E-state index contributed by atoms with van der Waals surface area (Å²) >= 11 is 3.46. The van der Waals surface area contributed by atoms with E-state index < -0.39 is 0 Å². The third kappa shape index (κ3) is 3.17. The van der Waals surface area contributed by atoms with E-state index in [1.807, 2.05) is 18.2 Å². The minimum atomic E-state index is 0.278. The highest BCUT2D eigenvalue weighted by molar-refractivity contribution is 9.10. The van der Waals surface area contributed by atoms with Gasteiger partial charge in [0.05, 0.1) is 5.69 Å². The molecule has 0 atom stereocenters. The van der Waals surface area contributed by atoms with Crippen molar-refractivity contribution in [1.29, 1.82) is 0 Å². The van der Waals surface area contributed by atoms with Crippen molar-refractivity contribution in [3.8, 4) is 11.6 Å². The summed E-state index contributed by atoms with van der Waals surface area (Å²) in [7, 11) is 0. The van der Waals surface area contributed by atoms with Crippen molar-refractivity contribution in [1.82, 2.24) is 4.98 Å². The first-order chi connectivity index (χ1) is 8.97. The van der Waals surface area contributed by atoms with Gasteiger partial charge in [-0.1, -0.05) is 29.8 Å². The maximum atomic E-state index is 5.79. The second-order valence-electron chi connectivity index (χ2n) is 4.56. The van der Waals surface area contributed by atoms with Crippen LogP contribution in [0.15, 0.2) is 34.8 Å². The summed E-state index contributed by atoms with van der Waals surface area (Å²) in [4.78, 5) is 4.11. The Morgan fingerprint density at radius 3 is 2.53 bits per heavy atom. The molecule has 0 amide bonds. The molecular weight excluding hydrogens is 306 g/mol. The topological polar surface area (TPSA) is 74.2 Å². The van der Waals surface area contributed by atoms with Crippen LogP contribution in [-0.4, -0.2) is 4.98 Å². The van der Waals surface area contributed by atoms with Gasteiger partial charge in [0.1, 0.15) is 5.75 Å². The first-order valence-corrected chi connectivity index (χ1v) is 6.76. The lowest BCUT2D eigenvalue weighted by molar-refractivity contribution is 0.455. The van der Waals surface area contributed by atoms with Crippen LogP contribution in [-0.2, 0) is 0 Å². The maximum Gasteiger partial charge on any atom is 0.221 e. The number of nitrogens with two attached hydrogens (primary N) is 2. The number of hydrogen-bond acceptors (Lipinski definition) is 4. The van der Waals surface area contributed by atoms with Gasteiger partial charge in [0.15, 0.2) is 5.82 Å². The van der Waals surface area contributed by atoms with Crippen molar-refractivity contribution in [2.24, 2.45) is 0 Å². The van der Waals surface area contributed by atoms with E-state index in [9.17, 15) is 0 Å². The fourth-order valence-corrected chi connectivity index (χ4v) is 2.08. The Labute approximate surface area is 120 Å². The Kier molecular flexibility index (Phi) is 3.95. The molecule has 0 fully saturated rings. The summed E-state index contributed by atoms with van der Waals surface area (Å²) in [5, 5.41) is 0. The van der Waals surface area contributed by atoms with Gasteiger partial charge in [-0.25, -0.2) is 0 Å². The smallest absolute Gasteiger partial charge is 0.221 e. The highest BCUT2D eigenvalue weighted by atomic mass is 79.9. The molecule has 2 aromatic rings. The zero-order chi connectivity index (χ0) is 14.0. The van der Waals surface area contributed by atoms with Crippen molar-refractivity contribution in [3.05, 3.63) is 40.4 Å². The molecule has 0 saturated heterocycles. The number of anilines is 2. The zero-order valence-electron chi connectivity index (χ0n) is 10.9. The van der Waals surface area contributed by atoms with Crippen LogP contribution < -0.4 is 16.2 Å². The van der Waals surface area contributed by atoms with Crippen LogP contribution in [0.3, 0.4) is 0 Å². The first-order valence-electron chi connectivity index (χ1n) is 5.96. The number of ether oxygens (including phenoxy) is 1. The molecule has 0 aliphatic rings. The second kappa shape index (κ2) is 5.48. The number of nitrogens with zero attached hydrogens (tertiary/aromatic N) is 1. The number of pyridine rings is 1. The van der Waals surface area contributed by atoms with Gasteiger partial charge in [0.25, 0.3) is 0 Å². The van der Waals surface area contributed by atoms with Gasteiger partial charge in [-0.2, -0.15) is 4.98 Å². The highest BCUT2D eigenvalue weighted by Crippen LogP contribution is 2.32. The Hall–Kier alpha value is -1.75. The van der Waals surface area contributed by atoms with Gasteiger partial charge in [-0.05, 0) is 35.7 Å². The fraction of sp³-hybridized carbons (Fsp3) is 0.214. The summed E-state index contributed by atoms with van der Waals surface area (Å²) in [6.45, 7) is 4.22. The fourth-order valence-electron chi connectivity index (χ4n) is 1.70. The lowest BCUT2D eigenvalue weighted by Gasteiger charge is -2.14. The van der Waals surface area contributed by atoms with Crippen LogP contribution in [0.1, 0.15) is 25.3 Å². The number of nitrogen functional groups attached to an aromatic ring is 2. The van der Waals surface area contributed by atoms with Crippen molar-refractivity contribution in [2.75, 3.05) is 11.5 Å². The number of hydrogen-bond donors (Lipinski definition) is 2. The average Bonchev–Trinajstić information content (AvgIpc) is 2.36. The van der Waals surface area contributed by atoms with E-state index in [0.717, 1.165) is 15.8 Å². The van der Waals surface area contributed by atoms with E-state index >= 15 is 0 Å². The Bertz CT molecular complexity index is 599. The van der Waals surface area contributed by atoms with E-state index in [-0.39, 0.29) is 5.82 Å². The lowest BCUT2D eigenvalue weighted by Crippen LogP contribution is -2.00. The Morgan fingerprint density at radius 2 is 1.89 bits per heavy atom. The molecule has 0 bridgehead atoms. The van der Waals surface area contributed by atoms with Gasteiger partial charge in [-0.3, -0.25) is 0 Å². The molecule has 1 aromatic heterocycles. The summed E-state index contributed by atoms with van der Waals surface area (Å²) in [5.41, 5.74) is 12.9. The molecule has 1 aromatic carbocycles. The zero-order valence-corrected chi connectivity index (χ0v) is 12.4. The summed E-state index contributed by atoms with van der Waals surface area (Å²) in [5.74, 6) is 1.84. The molecule has 5 heteroatoms. The number of rotatable bonds is 3. The number of benzene rings is 1. The molecule has 0 unspecified atom stereocenters. The van der Waals surface area contributed by atoms with Crippen molar-refractivity contribution >= 4 is 27.4 Å². The molecule has 0 aliphatic heterocycles. The molecule has 4 N–H and O–H groups in total. The summed E-state index contributed by atoms with van der Waals surface area (Å²) in [6.07, 6.45) is 0. The van der Waals surface area contributed by atoms with Crippen LogP contribution in [0.4, 0.5) is 11.5 Å². The molecule has 100 valence electrons. The standard InChI is InChI=1S/C14H16BrN3O/c1-8(2)10-7-9(15)3-5-12(10)19-13-6-4-11(16)14(17)18-13/h3-8H,16H2,1-2H3,(H2,17,18). The normalized spacial score (nSPS) is 10.7. The van der Waals surface area contributed by atoms with Crippen LogP contribution in [0.25, 0.3) is 0 Å². The van der Waals surface area contributed by atoms with E-state index in [4.69, 9.17) is 16.2 Å². The molecule has 0 spiro atoms. The minimum absolute atomic E-state index is 0.278. The predicted octanol–water partition coefficient (Wildman–Crippen LogP) is 3.92. The van der Waals surface area contributed by atoms with Crippen LogP contribution >= 0.6 is 15.9 Å². The number of halogens is 1.